The predicted octanol–water partition coefficient (Wildman–Crippen LogP) is 2.21. The maximum Gasteiger partial charge on any atom is 0.316 e. The van der Waals surface area contributed by atoms with Crippen molar-refractivity contribution in [2.45, 2.75) is 13.2 Å². The number of ether oxygens (including phenoxy) is 3. The zero-order valence-corrected chi connectivity index (χ0v) is 22.0. The summed E-state index contributed by atoms with van der Waals surface area (Å²) in [5.41, 5.74) is 1.77. The van der Waals surface area contributed by atoms with Gasteiger partial charge in [-0.05, 0) is 44.4 Å². The molecule has 1 aromatic carbocycles. The van der Waals surface area contributed by atoms with Crippen molar-refractivity contribution in [3.63, 3.8) is 0 Å². The van der Waals surface area contributed by atoms with E-state index in [4.69, 9.17) is 19.2 Å². The Balaban J connectivity index is 1.59. The Labute approximate surface area is 215 Å². The van der Waals surface area contributed by atoms with Crippen LogP contribution in [0.25, 0.3) is 22.6 Å². The van der Waals surface area contributed by atoms with E-state index in [1.165, 1.54) is 12.1 Å². The Morgan fingerprint density at radius 1 is 1.19 bits per heavy atom. The fourth-order valence-electron chi connectivity index (χ4n) is 3.58. The lowest BCUT2D eigenvalue weighted by Gasteiger charge is -2.36. The van der Waals surface area contributed by atoms with Crippen molar-refractivity contribution in [2.75, 3.05) is 53.3 Å². The van der Waals surface area contributed by atoms with Crippen molar-refractivity contribution < 1.29 is 27.0 Å². The third-order valence-corrected chi connectivity index (χ3v) is 6.32. The molecule has 1 fully saturated rings. The van der Waals surface area contributed by atoms with Crippen molar-refractivity contribution in [3.8, 4) is 28.7 Å². The third-order valence-electron chi connectivity index (χ3n) is 5.65. The second-order valence-corrected chi connectivity index (χ2v) is 11.4. The average Bonchev–Trinajstić information content (AvgIpc) is 3.29. The molecule has 1 aliphatic rings. The Morgan fingerprint density at radius 3 is 2.54 bits per heavy atom. The van der Waals surface area contributed by atoms with Gasteiger partial charge in [0.15, 0.2) is 5.82 Å². The molecule has 37 heavy (non-hydrogen) atoms. The number of benzene rings is 1. The molecule has 0 bridgehead atoms. The Morgan fingerprint density at radius 2 is 1.89 bits per heavy atom. The van der Waals surface area contributed by atoms with Crippen molar-refractivity contribution in [1.82, 2.24) is 29.6 Å². The number of aromatic nitrogens is 4. The summed E-state index contributed by atoms with van der Waals surface area (Å²) in [4.78, 5) is 18.7. The molecule has 0 unspecified atom stereocenters. The summed E-state index contributed by atoms with van der Waals surface area (Å²) in [5.74, 6) is 0.0433. The summed E-state index contributed by atoms with van der Waals surface area (Å²) < 4.78 is 56.6. The molecule has 4 rings (SSSR count). The maximum atomic E-state index is 13.6. The number of hydrogen-bond acceptors (Lipinski definition) is 9. The van der Waals surface area contributed by atoms with E-state index in [1.807, 2.05) is 25.9 Å². The standard InChI is InChI=1S/C24H31FN6O5S/c1-24(13-27-37(4,32)33)14-35-22(36-15-24)21-29-19(16-5-7-17(25)8-6-16)20(30-21)18-9-10-26-23(28-18)34-12-11-31(2)3/h5-10,22,27H,11-15H2,1-4H3,(H,29,30). The van der Waals surface area contributed by atoms with Crippen molar-refractivity contribution in [2.24, 2.45) is 5.41 Å². The van der Waals surface area contributed by atoms with E-state index < -0.39 is 21.7 Å². The van der Waals surface area contributed by atoms with E-state index in [0.717, 1.165) is 6.26 Å². The van der Waals surface area contributed by atoms with Crippen LogP contribution in [0.5, 0.6) is 6.01 Å². The smallest absolute Gasteiger partial charge is 0.316 e. The van der Waals surface area contributed by atoms with Gasteiger partial charge in [0.2, 0.25) is 16.3 Å². The van der Waals surface area contributed by atoms with Crippen molar-refractivity contribution in [3.05, 3.63) is 48.2 Å². The van der Waals surface area contributed by atoms with Crippen LogP contribution in [0.4, 0.5) is 4.39 Å². The van der Waals surface area contributed by atoms with Crippen LogP contribution in [-0.2, 0) is 19.5 Å². The minimum atomic E-state index is -3.34. The maximum absolute atomic E-state index is 13.6. The highest BCUT2D eigenvalue weighted by Crippen LogP contribution is 2.35. The molecule has 0 saturated carbocycles. The number of sulfonamides is 1. The fourth-order valence-corrected chi connectivity index (χ4v) is 4.19. The SMILES string of the molecule is CN(C)CCOc1nccc(-c2[nH]c(C3OCC(C)(CNS(C)(=O)=O)CO3)nc2-c2ccc(F)cc2)n1. The lowest BCUT2D eigenvalue weighted by Crippen LogP contribution is -2.45. The Hall–Kier alpha value is -2.97. The van der Waals surface area contributed by atoms with Gasteiger partial charge in [-0.15, -0.1) is 0 Å². The molecule has 11 nitrogen and oxygen atoms in total. The van der Waals surface area contributed by atoms with Gasteiger partial charge < -0.3 is 24.1 Å². The van der Waals surface area contributed by atoms with E-state index in [0.29, 0.717) is 41.6 Å². The van der Waals surface area contributed by atoms with Crippen LogP contribution in [0.3, 0.4) is 0 Å². The first-order valence-corrected chi connectivity index (χ1v) is 13.6. The van der Waals surface area contributed by atoms with Gasteiger partial charge in [0, 0.05) is 30.3 Å². The molecule has 1 aliphatic heterocycles. The number of rotatable bonds is 10. The van der Waals surface area contributed by atoms with Crippen LogP contribution in [-0.4, -0.2) is 86.5 Å². The lowest BCUT2D eigenvalue weighted by atomic mass is 9.92. The summed E-state index contributed by atoms with van der Waals surface area (Å²) in [6.07, 6.45) is 1.89. The number of likely N-dealkylation sites (N-methyl/N-ethyl adjacent to an activating group) is 1. The van der Waals surface area contributed by atoms with E-state index in [-0.39, 0.29) is 31.6 Å². The van der Waals surface area contributed by atoms with E-state index in [1.54, 1.807) is 24.4 Å². The molecule has 200 valence electrons. The Bertz CT molecular complexity index is 1310. The molecular formula is C24H31FN6O5S. The molecule has 0 atom stereocenters. The van der Waals surface area contributed by atoms with Gasteiger partial charge >= 0.3 is 6.01 Å². The monoisotopic (exact) mass is 534 g/mol. The predicted molar refractivity (Wildman–Crippen MR) is 135 cm³/mol. The van der Waals surface area contributed by atoms with Gasteiger partial charge in [-0.3, -0.25) is 0 Å². The number of hydrogen-bond donors (Lipinski definition) is 2. The number of nitrogens with zero attached hydrogens (tertiary/aromatic N) is 4. The van der Waals surface area contributed by atoms with Gasteiger partial charge in [0.1, 0.15) is 12.4 Å². The van der Waals surface area contributed by atoms with Gasteiger partial charge in [0.25, 0.3) is 0 Å². The molecule has 2 N–H and O–H groups in total. The second kappa shape index (κ2) is 11.2. The number of imidazole rings is 1. The van der Waals surface area contributed by atoms with Gasteiger partial charge in [-0.2, -0.15) is 4.98 Å². The first-order chi connectivity index (χ1) is 17.5. The van der Waals surface area contributed by atoms with Crippen LogP contribution in [0.2, 0.25) is 0 Å². The minimum absolute atomic E-state index is 0.181. The van der Waals surface area contributed by atoms with Crippen LogP contribution >= 0.6 is 0 Å². The van der Waals surface area contributed by atoms with E-state index >= 15 is 0 Å². The highest BCUT2D eigenvalue weighted by Gasteiger charge is 2.35. The zero-order chi connectivity index (χ0) is 26.6. The molecule has 1 saturated heterocycles. The number of nitrogens with one attached hydrogen (secondary N) is 2. The topological polar surface area (TPSA) is 132 Å². The number of H-pyrrole nitrogens is 1. The molecule has 0 aliphatic carbocycles. The molecule has 13 heteroatoms. The van der Waals surface area contributed by atoms with E-state index in [9.17, 15) is 12.8 Å². The average molecular weight is 535 g/mol. The van der Waals surface area contributed by atoms with Crippen molar-refractivity contribution >= 4 is 10.0 Å². The fraction of sp³-hybridized carbons (Fsp3) is 0.458. The second-order valence-electron chi connectivity index (χ2n) is 9.59. The molecule has 2 aromatic heterocycles. The van der Waals surface area contributed by atoms with Crippen LogP contribution < -0.4 is 9.46 Å². The molecular weight excluding hydrogens is 503 g/mol. The summed E-state index contributed by atoms with van der Waals surface area (Å²) in [7, 11) is 0.554. The van der Waals surface area contributed by atoms with Crippen LogP contribution in [0.1, 0.15) is 19.0 Å². The summed E-state index contributed by atoms with van der Waals surface area (Å²) >= 11 is 0. The minimum Gasteiger partial charge on any atom is -0.462 e. The van der Waals surface area contributed by atoms with Crippen molar-refractivity contribution in [1.29, 1.82) is 0 Å². The first kappa shape index (κ1) is 27.1. The number of aromatic amines is 1. The number of halogens is 1. The van der Waals surface area contributed by atoms with Gasteiger partial charge in [-0.1, -0.05) is 6.92 Å². The highest BCUT2D eigenvalue weighted by atomic mass is 32.2. The van der Waals surface area contributed by atoms with Crippen LogP contribution in [0.15, 0.2) is 36.5 Å². The largest absolute Gasteiger partial charge is 0.462 e. The molecule has 0 radical (unpaired) electrons. The van der Waals surface area contributed by atoms with Gasteiger partial charge in [0.05, 0.1) is 36.6 Å². The van der Waals surface area contributed by atoms with Gasteiger partial charge in [-0.25, -0.2) is 27.5 Å². The zero-order valence-electron chi connectivity index (χ0n) is 21.2. The third kappa shape index (κ3) is 7.29. The Kier molecular flexibility index (Phi) is 8.19. The summed E-state index contributed by atoms with van der Waals surface area (Å²) in [5, 5.41) is 0. The molecule has 3 aromatic rings. The normalized spacial score (nSPS) is 20.3. The summed E-state index contributed by atoms with van der Waals surface area (Å²) in [6, 6.07) is 7.92. The molecule has 0 spiro atoms. The van der Waals surface area contributed by atoms with E-state index in [2.05, 4.69) is 19.7 Å². The first-order valence-electron chi connectivity index (χ1n) is 11.7. The van der Waals surface area contributed by atoms with Crippen LogP contribution in [0, 0.1) is 11.2 Å². The molecule has 3 heterocycles. The lowest BCUT2D eigenvalue weighted by molar-refractivity contribution is -0.231. The highest BCUT2D eigenvalue weighted by molar-refractivity contribution is 7.88. The summed E-state index contributed by atoms with van der Waals surface area (Å²) in [6.45, 7) is 3.68. The quantitative estimate of drug-likeness (QED) is 0.402. The molecule has 0 amide bonds.